The first-order valence-electron chi connectivity index (χ1n) is 16.8. The number of unbranched alkanes of at least 4 members (excludes halogenated alkanes) is 26. The van der Waals surface area contributed by atoms with Crippen LogP contribution >= 0.6 is 0 Å². The highest BCUT2D eigenvalue weighted by molar-refractivity contribution is 4.54. The largest absolute Gasteiger partial charge is 0.0654 e. The Morgan fingerprint density at radius 3 is 0.735 bits per heavy atom. The molecule has 0 aliphatic heterocycles. The van der Waals surface area contributed by atoms with Crippen molar-refractivity contribution < 1.29 is 0 Å². The van der Waals surface area contributed by atoms with E-state index in [1.165, 1.54) is 193 Å². The van der Waals surface area contributed by atoms with Crippen molar-refractivity contribution in [2.24, 2.45) is 5.92 Å². The molecule has 0 nitrogen and oxygen atoms in total. The van der Waals surface area contributed by atoms with Crippen LogP contribution in [0.5, 0.6) is 0 Å². The van der Waals surface area contributed by atoms with Gasteiger partial charge in [0.2, 0.25) is 0 Å². The lowest BCUT2D eigenvalue weighted by atomic mass is 9.98. The lowest BCUT2D eigenvalue weighted by Gasteiger charge is -2.09. The van der Waals surface area contributed by atoms with Gasteiger partial charge in [0, 0.05) is 0 Å². The normalized spacial score (nSPS) is 12.4. The summed E-state index contributed by atoms with van der Waals surface area (Å²) in [6, 6.07) is 0. The summed E-state index contributed by atoms with van der Waals surface area (Å²) in [6.45, 7) is 7.06. The van der Waals surface area contributed by atoms with Crippen molar-refractivity contribution in [1.82, 2.24) is 0 Å². The molecule has 34 heavy (non-hydrogen) atoms. The Labute approximate surface area is 219 Å². The molecule has 0 saturated heterocycles. The highest BCUT2D eigenvalue weighted by Gasteiger charge is 2.00. The molecule has 0 aromatic carbocycles. The Kier molecular flexibility index (Phi) is 31.0. The summed E-state index contributed by atoms with van der Waals surface area (Å²) in [5.74, 6) is 0.962. The van der Waals surface area contributed by atoms with E-state index >= 15 is 0 Å². The number of rotatable bonds is 30. The van der Waals surface area contributed by atoms with Gasteiger partial charge in [0.1, 0.15) is 0 Å². The van der Waals surface area contributed by atoms with Gasteiger partial charge in [-0.25, -0.2) is 0 Å². The molecule has 206 valence electrons. The molecule has 1 atom stereocenters. The minimum atomic E-state index is 0.962. The van der Waals surface area contributed by atoms with E-state index in [9.17, 15) is 0 Å². The van der Waals surface area contributed by atoms with E-state index in [1.54, 1.807) is 0 Å². The third-order valence-electron chi connectivity index (χ3n) is 8.08. The quantitative estimate of drug-likeness (QED) is 0.0900. The Morgan fingerprint density at radius 2 is 0.500 bits per heavy atom. The summed E-state index contributed by atoms with van der Waals surface area (Å²) < 4.78 is 0. The maximum Gasteiger partial charge on any atom is -0.0443 e. The predicted molar refractivity (Wildman–Crippen MR) is 159 cm³/mol. The minimum Gasteiger partial charge on any atom is -0.0654 e. The molecule has 0 aromatic rings. The van der Waals surface area contributed by atoms with Crippen molar-refractivity contribution in [2.45, 2.75) is 213 Å². The van der Waals surface area contributed by atoms with Crippen molar-refractivity contribution in [3.05, 3.63) is 0 Å². The van der Waals surface area contributed by atoms with Crippen molar-refractivity contribution in [3.63, 3.8) is 0 Å². The molecule has 0 fully saturated rings. The van der Waals surface area contributed by atoms with Gasteiger partial charge in [0.15, 0.2) is 0 Å². The van der Waals surface area contributed by atoms with E-state index in [4.69, 9.17) is 0 Å². The van der Waals surface area contributed by atoms with E-state index in [2.05, 4.69) is 20.8 Å². The van der Waals surface area contributed by atoms with E-state index in [-0.39, 0.29) is 0 Å². The average molecular weight is 479 g/mol. The molecule has 0 spiro atoms. The molecule has 0 unspecified atom stereocenters. The lowest BCUT2D eigenvalue weighted by Crippen LogP contribution is -1.93. The van der Waals surface area contributed by atoms with Crippen LogP contribution in [-0.2, 0) is 0 Å². The molecule has 0 rings (SSSR count). The van der Waals surface area contributed by atoms with Crippen molar-refractivity contribution in [3.8, 4) is 0 Å². The van der Waals surface area contributed by atoms with E-state index in [0.717, 1.165) is 5.92 Å². The SMILES string of the molecule is CCCCCCCCCCCCCCCCCCCCCCCCCCCCC[C@H](C)CCC. The van der Waals surface area contributed by atoms with Crippen LogP contribution in [0.3, 0.4) is 0 Å². The summed E-state index contributed by atoms with van der Waals surface area (Å²) in [6.07, 6.45) is 44.3. The highest BCUT2D eigenvalue weighted by Crippen LogP contribution is 2.18. The molecule has 0 aliphatic carbocycles. The monoisotopic (exact) mass is 479 g/mol. The zero-order valence-corrected chi connectivity index (χ0v) is 24.8. The van der Waals surface area contributed by atoms with E-state index in [0.29, 0.717) is 0 Å². The highest BCUT2D eigenvalue weighted by atomic mass is 14.1. The minimum absolute atomic E-state index is 0.962. The van der Waals surface area contributed by atoms with Gasteiger partial charge < -0.3 is 0 Å². The molecule has 0 N–H and O–H groups in total. The molecule has 0 amide bonds. The van der Waals surface area contributed by atoms with Crippen molar-refractivity contribution >= 4 is 0 Å². The van der Waals surface area contributed by atoms with Gasteiger partial charge in [0.25, 0.3) is 0 Å². The predicted octanol–water partition coefficient (Wildman–Crippen LogP) is 13.4. The van der Waals surface area contributed by atoms with Crippen LogP contribution < -0.4 is 0 Å². The van der Waals surface area contributed by atoms with Crippen LogP contribution in [0.15, 0.2) is 0 Å². The summed E-state index contributed by atoms with van der Waals surface area (Å²) in [4.78, 5) is 0. The average Bonchev–Trinajstić information content (AvgIpc) is 2.83. The topological polar surface area (TPSA) is 0 Å². The van der Waals surface area contributed by atoms with E-state index in [1.807, 2.05) is 0 Å². The van der Waals surface area contributed by atoms with Crippen LogP contribution in [0.25, 0.3) is 0 Å². The molecule has 0 aliphatic rings. The number of hydrogen-bond donors (Lipinski definition) is 0. The van der Waals surface area contributed by atoms with Gasteiger partial charge in [0.05, 0.1) is 0 Å². The van der Waals surface area contributed by atoms with Crippen LogP contribution in [0.2, 0.25) is 0 Å². The van der Waals surface area contributed by atoms with Gasteiger partial charge in [-0.05, 0) is 5.92 Å². The number of hydrogen-bond acceptors (Lipinski definition) is 0. The standard InChI is InChI=1S/C34H70/c1-4-6-7-8-9-10-11-12-13-14-15-16-17-18-19-20-21-22-23-24-25-26-27-28-29-30-31-33-34(3)32-5-2/h34H,4-33H2,1-3H3/t34-/m1/s1. The van der Waals surface area contributed by atoms with Gasteiger partial charge in [-0.3, -0.25) is 0 Å². The fraction of sp³-hybridized carbons (Fsp3) is 1.00. The van der Waals surface area contributed by atoms with Gasteiger partial charge >= 0.3 is 0 Å². The van der Waals surface area contributed by atoms with Gasteiger partial charge in [-0.2, -0.15) is 0 Å². The van der Waals surface area contributed by atoms with Crippen LogP contribution in [-0.4, -0.2) is 0 Å². The fourth-order valence-electron chi connectivity index (χ4n) is 5.62. The summed E-state index contributed by atoms with van der Waals surface area (Å²) in [5, 5.41) is 0. The third kappa shape index (κ3) is 30.0. The Bertz CT molecular complexity index is 333. The maximum absolute atomic E-state index is 2.43. The smallest absolute Gasteiger partial charge is 0.0443 e. The van der Waals surface area contributed by atoms with Crippen LogP contribution in [0.4, 0.5) is 0 Å². The molecule has 0 radical (unpaired) electrons. The first-order valence-corrected chi connectivity index (χ1v) is 16.8. The Balaban J connectivity index is 3.03. The second-order valence-electron chi connectivity index (χ2n) is 11.9. The fourth-order valence-corrected chi connectivity index (χ4v) is 5.62. The Morgan fingerprint density at radius 1 is 0.265 bits per heavy atom. The van der Waals surface area contributed by atoms with Crippen molar-refractivity contribution in [1.29, 1.82) is 0 Å². The first kappa shape index (κ1) is 34.0. The summed E-state index contributed by atoms with van der Waals surface area (Å²) in [7, 11) is 0. The summed E-state index contributed by atoms with van der Waals surface area (Å²) in [5.41, 5.74) is 0. The first-order chi connectivity index (χ1) is 16.8. The zero-order chi connectivity index (χ0) is 24.8. The molecular weight excluding hydrogens is 408 g/mol. The maximum atomic E-state index is 2.43. The molecule has 0 saturated carbocycles. The van der Waals surface area contributed by atoms with Crippen molar-refractivity contribution in [2.75, 3.05) is 0 Å². The summed E-state index contributed by atoms with van der Waals surface area (Å²) >= 11 is 0. The molecule has 0 heterocycles. The van der Waals surface area contributed by atoms with Crippen LogP contribution in [0, 0.1) is 5.92 Å². The van der Waals surface area contributed by atoms with Crippen LogP contribution in [0.1, 0.15) is 213 Å². The molecule has 0 aromatic heterocycles. The second kappa shape index (κ2) is 31.0. The second-order valence-corrected chi connectivity index (χ2v) is 11.9. The zero-order valence-electron chi connectivity index (χ0n) is 24.8. The van der Waals surface area contributed by atoms with Gasteiger partial charge in [-0.1, -0.05) is 213 Å². The van der Waals surface area contributed by atoms with E-state index < -0.39 is 0 Å². The molecule has 0 heteroatoms. The van der Waals surface area contributed by atoms with Gasteiger partial charge in [-0.15, -0.1) is 0 Å². The lowest BCUT2D eigenvalue weighted by molar-refractivity contribution is 0.449. The molecule has 0 bridgehead atoms. The third-order valence-corrected chi connectivity index (χ3v) is 8.08. The molecular formula is C34H70. The Hall–Kier alpha value is 0.